The number of hydrogen-bond donors (Lipinski definition) is 0. The third-order valence-corrected chi connectivity index (χ3v) is 14.1. The fourth-order valence-corrected chi connectivity index (χ4v) is 9.31. The molecule has 0 aromatic rings. The van der Waals surface area contributed by atoms with E-state index in [4.69, 9.17) is 14.2 Å². The molecule has 0 fully saturated rings. The molecule has 71 heavy (non-hydrogen) atoms. The number of unbranched alkanes of at least 4 members (excludes halogenated alkanes) is 41. The molecule has 416 valence electrons. The molecule has 6 heteroatoms. The van der Waals surface area contributed by atoms with E-state index < -0.39 is 6.10 Å². The maximum Gasteiger partial charge on any atom is 0.306 e. The third-order valence-electron chi connectivity index (χ3n) is 14.1. The number of rotatable bonds is 58. The van der Waals surface area contributed by atoms with Crippen molar-refractivity contribution in [2.24, 2.45) is 0 Å². The van der Waals surface area contributed by atoms with Gasteiger partial charge in [0.05, 0.1) is 0 Å². The van der Waals surface area contributed by atoms with Crippen LogP contribution in [0.3, 0.4) is 0 Å². The number of allylic oxidation sites excluding steroid dienone is 6. The molecule has 0 heterocycles. The quantitative estimate of drug-likeness (QED) is 0.0261. The van der Waals surface area contributed by atoms with Gasteiger partial charge in [0.1, 0.15) is 13.2 Å². The standard InChI is InChI=1S/C65H120O6/c1-4-7-10-13-16-19-22-25-28-30-31-32-33-35-37-40-43-46-49-52-55-58-64(67)70-61-62(60-69-63(66)57-54-51-48-45-42-39-36-27-24-21-18-15-12-9-6-3)71-65(68)59-56-53-50-47-44-41-38-34-29-26-23-20-17-14-11-8-5-2/h25-29,36,62H,4-24,30-35,37-61H2,1-3H3/b28-25-,29-26-,36-27-/t62-/m0/s1. The van der Waals surface area contributed by atoms with E-state index in [0.717, 1.165) is 64.2 Å². The van der Waals surface area contributed by atoms with Crippen LogP contribution in [0.2, 0.25) is 0 Å². The van der Waals surface area contributed by atoms with Gasteiger partial charge in [0.15, 0.2) is 6.10 Å². The van der Waals surface area contributed by atoms with E-state index >= 15 is 0 Å². The molecule has 0 rings (SSSR count). The van der Waals surface area contributed by atoms with Gasteiger partial charge in [-0.1, -0.05) is 263 Å². The van der Waals surface area contributed by atoms with Gasteiger partial charge in [-0.15, -0.1) is 0 Å². The number of hydrogen-bond acceptors (Lipinski definition) is 6. The van der Waals surface area contributed by atoms with Crippen molar-refractivity contribution in [1.29, 1.82) is 0 Å². The molecule has 0 spiro atoms. The molecule has 6 nitrogen and oxygen atoms in total. The smallest absolute Gasteiger partial charge is 0.306 e. The molecule has 1 atom stereocenters. The first-order valence-corrected chi connectivity index (χ1v) is 31.5. The Bertz CT molecular complexity index is 1190. The van der Waals surface area contributed by atoms with E-state index in [0.29, 0.717) is 19.3 Å². The largest absolute Gasteiger partial charge is 0.462 e. The molecule has 0 aromatic heterocycles. The van der Waals surface area contributed by atoms with Crippen LogP contribution in [0.5, 0.6) is 0 Å². The average Bonchev–Trinajstić information content (AvgIpc) is 3.37. The maximum atomic E-state index is 12.9. The summed E-state index contributed by atoms with van der Waals surface area (Å²) in [4.78, 5) is 38.3. The Kier molecular flexibility index (Phi) is 58.2. The van der Waals surface area contributed by atoms with Crippen molar-refractivity contribution >= 4 is 17.9 Å². The van der Waals surface area contributed by atoms with Gasteiger partial charge < -0.3 is 14.2 Å². The van der Waals surface area contributed by atoms with Crippen molar-refractivity contribution in [3.63, 3.8) is 0 Å². The van der Waals surface area contributed by atoms with E-state index in [2.05, 4.69) is 57.2 Å². The molecule has 0 unspecified atom stereocenters. The summed E-state index contributed by atoms with van der Waals surface area (Å²) in [6.07, 6.45) is 72.8. The molecule has 0 saturated heterocycles. The molecular formula is C65H120O6. The Hall–Kier alpha value is -2.37. The minimum Gasteiger partial charge on any atom is -0.462 e. The fourth-order valence-electron chi connectivity index (χ4n) is 9.31. The highest BCUT2D eigenvalue weighted by molar-refractivity contribution is 5.71. The second kappa shape index (κ2) is 60.2. The summed E-state index contributed by atoms with van der Waals surface area (Å²) in [6, 6.07) is 0. The molecule has 0 N–H and O–H groups in total. The number of esters is 3. The maximum absolute atomic E-state index is 12.9. The van der Waals surface area contributed by atoms with Gasteiger partial charge in [0.2, 0.25) is 0 Å². The van der Waals surface area contributed by atoms with Crippen molar-refractivity contribution in [2.45, 2.75) is 348 Å². The highest BCUT2D eigenvalue weighted by atomic mass is 16.6. The predicted octanol–water partition coefficient (Wildman–Crippen LogP) is 21.2. The van der Waals surface area contributed by atoms with Crippen molar-refractivity contribution < 1.29 is 28.6 Å². The molecule has 0 bridgehead atoms. The number of carbonyl (C=O) groups excluding carboxylic acids is 3. The van der Waals surface area contributed by atoms with E-state index in [1.807, 2.05) is 0 Å². The molecule has 0 aliphatic heterocycles. The van der Waals surface area contributed by atoms with Gasteiger partial charge in [0.25, 0.3) is 0 Å². The minimum atomic E-state index is -0.777. The Balaban J connectivity index is 4.33. The second-order valence-corrected chi connectivity index (χ2v) is 21.3. The molecular weight excluding hydrogens is 877 g/mol. The normalized spacial score (nSPS) is 12.2. The lowest BCUT2D eigenvalue weighted by Crippen LogP contribution is -2.30. The third kappa shape index (κ3) is 58.4. The van der Waals surface area contributed by atoms with Gasteiger partial charge in [0, 0.05) is 19.3 Å². The molecule has 0 aromatic carbocycles. The van der Waals surface area contributed by atoms with E-state index in [9.17, 15) is 14.4 Å². The zero-order chi connectivity index (χ0) is 51.4. The number of ether oxygens (including phenoxy) is 3. The van der Waals surface area contributed by atoms with E-state index in [-0.39, 0.29) is 31.1 Å². The van der Waals surface area contributed by atoms with Crippen molar-refractivity contribution in [1.82, 2.24) is 0 Å². The lowest BCUT2D eigenvalue weighted by molar-refractivity contribution is -0.167. The Morgan fingerprint density at radius 3 is 0.704 bits per heavy atom. The van der Waals surface area contributed by atoms with Crippen LogP contribution in [0.4, 0.5) is 0 Å². The minimum absolute atomic E-state index is 0.0740. The highest BCUT2D eigenvalue weighted by Crippen LogP contribution is 2.17. The van der Waals surface area contributed by atoms with Gasteiger partial charge in [-0.05, 0) is 96.3 Å². The molecule has 0 radical (unpaired) electrons. The van der Waals surface area contributed by atoms with Crippen LogP contribution in [-0.4, -0.2) is 37.2 Å². The topological polar surface area (TPSA) is 78.9 Å². The molecule has 0 saturated carbocycles. The summed E-state index contributed by atoms with van der Waals surface area (Å²) in [5, 5.41) is 0. The Morgan fingerprint density at radius 2 is 0.465 bits per heavy atom. The van der Waals surface area contributed by atoms with Crippen LogP contribution in [0.15, 0.2) is 36.5 Å². The lowest BCUT2D eigenvalue weighted by Gasteiger charge is -2.18. The van der Waals surface area contributed by atoms with Gasteiger partial charge in [-0.2, -0.15) is 0 Å². The zero-order valence-electron chi connectivity index (χ0n) is 47.8. The fraction of sp³-hybridized carbons (Fsp3) is 0.862. The average molecular weight is 998 g/mol. The summed E-state index contributed by atoms with van der Waals surface area (Å²) in [5.74, 6) is -0.867. The zero-order valence-corrected chi connectivity index (χ0v) is 47.8. The monoisotopic (exact) mass is 997 g/mol. The predicted molar refractivity (Wildman–Crippen MR) is 307 cm³/mol. The van der Waals surface area contributed by atoms with Crippen LogP contribution in [0.1, 0.15) is 342 Å². The van der Waals surface area contributed by atoms with Crippen molar-refractivity contribution in [2.75, 3.05) is 13.2 Å². The van der Waals surface area contributed by atoms with Crippen molar-refractivity contribution in [3.8, 4) is 0 Å². The summed E-state index contributed by atoms with van der Waals surface area (Å²) in [5.41, 5.74) is 0. The Morgan fingerprint density at radius 1 is 0.268 bits per heavy atom. The van der Waals surface area contributed by atoms with E-state index in [1.54, 1.807) is 0 Å². The second-order valence-electron chi connectivity index (χ2n) is 21.3. The SMILES string of the molecule is CCCCCCCC/C=C\CCCCCCCCCCCCCC(=O)OC[C@H](COC(=O)CCCCCCC/C=C\CCCCCCCC)OC(=O)CCCCCCCCC/C=C\CCCCCCCC. The summed E-state index contributed by atoms with van der Waals surface area (Å²) in [7, 11) is 0. The van der Waals surface area contributed by atoms with Crippen LogP contribution in [-0.2, 0) is 28.6 Å². The van der Waals surface area contributed by atoms with Gasteiger partial charge in [-0.3, -0.25) is 14.4 Å². The first-order valence-electron chi connectivity index (χ1n) is 31.5. The van der Waals surface area contributed by atoms with Crippen molar-refractivity contribution in [3.05, 3.63) is 36.5 Å². The van der Waals surface area contributed by atoms with E-state index in [1.165, 1.54) is 238 Å². The Labute approximate surface area is 442 Å². The first-order chi connectivity index (χ1) is 35.0. The number of carbonyl (C=O) groups is 3. The van der Waals surface area contributed by atoms with Crippen LogP contribution >= 0.6 is 0 Å². The lowest BCUT2D eigenvalue weighted by atomic mass is 10.0. The molecule has 0 aliphatic rings. The molecule has 0 amide bonds. The molecule has 0 aliphatic carbocycles. The highest BCUT2D eigenvalue weighted by Gasteiger charge is 2.19. The van der Waals surface area contributed by atoms with Crippen LogP contribution in [0, 0.1) is 0 Å². The summed E-state index contributed by atoms with van der Waals surface area (Å²) >= 11 is 0. The van der Waals surface area contributed by atoms with Crippen LogP contribution < -0.4 is 0 Å². The van der Waals surface area contributed by atoms with Crippen LogP contribution in [0.25, 0.3) is 0 Å². The van der Waals surface area contributed by atoms with Gasteiger partial charge >= 0.3 is 17.9 Å². The summed E-state index contributed by atoms with van der Waals surface area (Å²) < 4.78 is 16.9. The van der Waals surface area contributed by atoms with Gasteiger partial charge in [-0.25, -0.2) is 0 Å². The first kappa shape index (κ1) is 68.6. The summed E-state index contributed by atoms with van der Waals surface area (Å²) in [6.45, 7) is 6.67.